The van der Waals surface area contributed by atoms with Gasteiger partial charge in [0.2, 0.25) is 0 Å². The molecule has 0 unspecified atom stereocenters. The lowest BCUT2D eigenvalue weighted by Gasteiger charge is -2.08. The van der Waals surface area contributed by atoms with Crippen molar-refractivity contribution in [3.8, 4) is 5.75 Å². The van der Waals surface area contributed by atoms with Crippen molar-refractivity contribution in [3.63, 3.8) is 0 Å². The first-order chi connectivity index (χ1) is 16.5. The van der Waals surface area contributed by atoms with Gasteiger partial charge in [-0.25, -0.2) is 9.38 Å². The van der Waals surface area contributed by atoms with Gasteiger partial charge in [-0.15, -0.1) is 0 Å². The Labute approximate surface area is 198 Å². The molecule has 2 aromatic heterocycles. The van der Waals surface area contributed by atoms with E-state index in [1.54, 1.807) is 46.9 Å². The first-order valence-electron chi connectivity index (χ1n) is 10.4. The molecule has 6 aromatic rings. The molecule has 2 heterocycles. The molecule has 0 N–H and O–H groups in total. The van der Waals surface area contributed by atoms with Gasteiger partial charge in [-0.3, -0.25) is 4.79 Å². The van der Waals surface area contributed by atoms with Gasteiger partial charge in [0, 0.05) is 0 Å². The van der Waals surface area contributed by atoms with Gasteiger partial charge in [0.25, 0.3) is 5.56 Å². The lowest BCUT2D eigenvalue weighted by molar-refractivity contribution is 0.486. The van der Waals surface area contributed by atoms with Crippen molar-refractivity contribution in [1.29, 1.82) is 0 Å². The van der Waals surface area contributed by atoms with Crippen molar-refractivity contribution in [2.75, 3.05) is 0 Å². The van der Waals surface area contributed by atoms with Crippen LogP contribution in [0.1, 0.15) is 5.56 Å². The van der Waals surface area contributed by atoms with Gasteiger partial charge in [0.1, 0.15) is 10.6 Å². The summed E-state index contributed by atoms with van der Waals surface area (Å²) < 4.78 is 33.3. The molecule has 0 bridgehead atoms. The van der Waals surface area contributed by atoms with E-state index in [1.165, 1.54) is 17.4 Å². The molecule has 0 spiro atoms. The Hall–Kier alpha value is -4.01. The molecule has 0 amide bonds. The molecule has 0 saturated heterocycles. The number of imidazole rings is 1. The number of rotatable bonds is 4. The maximum absolute atomic E-state index is 13.0. The van der Waals surface area contributed by atoms with E-state index in [9.17, 15) is 13.2 Å². The van der Waals surface area contributed by atoms with Gasteiger partial charge in [0.15, 0.2) is 4.96 Å². The molecule has 4 aromatic carbocycles. The molecule has 0 aliphatic rings. The summed E-state index contributed by atoms with van der Waals surface area (Å²) in [7, 11) is -4.03. The highest BCUT2D eigenvalue weighted by atomic mass is 32.2. The highest BCUT2D eigenvalue weighted by molar-refractivity contribution is 7.87. The highest BCUT2D eigenvalue weighted by Crippen LogP contribution is 2.24. The number of benzene rings is 4. The minimum Gasteiger partial charge on any atom is -0.379 e. The van der Waals surface area contributed by atoms with Crippen LogP contribution in [0.25, 0.3) is 32.8 Å². The lowest BCUT2D eigenvalue weighted by atomic mass is 10.1. The Morgan fingerprint density at radius 3 is 2.53 bits per heavy atom. The van der Waals surface area contributed by atoms with E-state index < -0.39 is 10.1 Å². The Morgan fingerprint density at radius 2 is 1.65 bits per heavy atom. The largest absolute Gasteiger partial charge is 0.379 e. The second-order valence-electron chi connectivity index (χ2n) is 7.75. The SMILES string of the molecule is O=c1/c(=C/c2cccc(OS(=O)(=O)c3ccc4ccccc4c3)c2)sc2nc3ccccc3n12. The first-order valence-corrected chi connectivity index (χ1v) is 12.7. The average molecular weight is 485 g/mol. The Bertz CT molecular complexity index is 1940. The summed E-state index contributed by atoms with van der Waals surface area (Å²) in [5, 5.41) is 1.76. The van der Waals surface area contributed by atoms with Crippen LogP contribution < -0.4 is 14.3 Å². The minimum absolute atomic E-state index is 0.0776. The molecule has 0 fully saturated rings. The smallest absolute Gasteiger partial charge is 0.339 e. The number of nitrogens with zero attached hydrogens (tertiary/aromatic N) is 2. The third kappa shape index (κ3) is 3.53. The number of hydrogen-bond donors (Lipinski definition) is 0. The quantitative estimate of drug-likeness (QED) is 0.347. The van der Waals surface area contributed by atoms with E-state index in [-0.39, 0.29) is 16.2 Å². The van der Waals surface area contributed by atoms with Gasteiger partial charge in [-0.2, -0.15) is 8.42 Å². The zero-order chi connectivity index (χ0) is 23.3. The predicted molar refractivity (Wildman–Crippen MR) is 134 cm³/mol. The number of thiazole rings is 1. The Balaban J connectivity index is 1.36. The summed E-state index contributed by atoms with van der Waals surface area (Å²) in [5.41, 5.74) is 2.02. The number of para-hydroxylation sites is 2. The second kappa shape index (κ2) is 7.79. The third-order valence-electron chi connectivity index (χ3n) is 5.52. The number of hydrogen-bond acceptors (Lipinski definition) is 6. The summed E-state index contributed by atoms with van der Waals surface area (Å²) in [5.74, 6) is 0.168. The van der Waals surface area contributed by atoms with Crippen LogP contribution in [0.3, 0.4) is 0 Å². The predicted octanol–water partition coefficient (Wildman–Crippen LogP) is 4.38. The monoisotopic (exact) mass is 484 g/mol. The summed E-state index contributed by atoms with van der Waals surface area (Å²) in [6.45, 7) is 0. The first kappa shape index (κ1) is 20.6. The molecule has 34 heavy (non-hydrogen) atoms. The molecule has 166 valence electrons. The second-order valence-corrected chi connectivity index (χ2v) is 10.3. The minimum atomic E-state index is -4.03. The van der Waals surface area contributed by atoms with Crippen LogP contribution in [0.2, 0.25) is 0 Å². The molecule has 0 aliphatic heterocycles. The van der Waals surface area contributed by atoms with Crippen LogP contribution in [0.5, 0.6) is 5.75 Å². The molecular weight excluding hydrogens is 468 g/mol. The lowest BCUT2D eigenvalue weighted by Crippen LogP contribution is -2.22. The molecular formula is C26H16N2O4S2. The maximum Gasteiger partial charge on any atom is 0.339 e. The Kier molecular flexibility index (Phi) is 4.72. The van der Waals surface area contributed by atoms with Gasteiger partial charge < -0.3 is 4.18 Å². The molecule has 6 rings (SSSR count). The molecule has 0 saturated carbocycles. The highest BCUT2D eigenvalue weighted by Gasteiger charge is 2.17. The van der Waals surface area contributed by atoms with E-state index >= 15 is 0 Å². The molecule has 8 heteroatoms. The molecule has 0 aliphatic carbocycles. The zero-order valence-electron chi connectivity index (χ0n) is 17.6. The van der Waals surface area contributed by atoms with Crippen LogP contribution in [-0.4, -0.2) is 17.8 Å². The van der Waals surface area contributed by atoms with Crippen LogP contribution in [-0.2, 0) is 10.1 Å². The fourth-order valence-corrected chi connectivity index (χ4v) is 5.86. The molecule has 0 radical (unpaired) electrons. The van der Waals surface area contributed by atoms with Crippen molar-refractivity contribution >= 4 is 54.3 Å². The normalized spacial score (nSPS) is 12.6. The number of fused-ring (bicyclic) bond motifs is 4. The molecule has 0 atom stereocenters. The van der Waals surface area contributed by atoms with Gasteiger partial charge in [-0.1, -0.05) is 65.9 Å². The van der Waals surface area contributed by atoms with E-state index in [4.69, 9.17) is 4.18 Å². The van der Waals surface area contributed by atoms with Crippen molar-refractivity contribution in [2.24, 2.45) is 0 Å². The number of aromatic nitrogens is 2. The fourth-order valence-electron chi connectivity index (χ4n) is 3.92. The van der Waals surface area contributed by atoms with Gasteiger partial charge >= 0.3 is 10.1 Å². The summed E-state index contributed by atoms with van der Waals surface area (Å²) in [4.78, 5) is 18.2. The van der Waals surface area contributed by atoms with E-state index in [2.05, 4.69) is 4.98 Å². The van der Waals surface area contributed by atoms with E-state index in [1.807, 2.05) is 48.5 Å². The van der Waals surface area contributed by atoms with Crippen molar-refractivity contribution < 1.29 is 12.6 Å². The Morgan fingerprint density at radius 1 is 0.853 bits per heavy atom. The fraction of sp³-hybridized carbons (Fsp3) is 0. The maximum atomic E-state index is 13.0. The standard InChI is InChI=1S/C26H16N2O4S2/c29-25-24(33-26-27-22-10-3-4-11-23(22)28(25)26)15-17-6-5-9-20(14-17)32-34(30,31)21-13-12-18-7-1-2-8-19(18)16-21/h1-16H/b24-15-. The summed E-state index contributed by atoms with van der Waals surface area (Å²) in [6.07, 6.45) is 1.71. The zero-order valence-corrected chi connectivity index (χ0v) is 19.2. The van der Waals surface area contributed by atoms with Crippen LogP contribution in [0.4, 0.5) is 0 Å². The van der Waals surface area contributed by atoms with Crippen molar-refractivity contribution in [1.82, 2.24) is 9.38 Å². The van der Waals surface area contributed by atoms with Crippen LogP contribution in [0.15, 0.2) is 101 Å². The average Bonchev–Trinajstić information content (AvgIpc) is 3.34. The van der Waals surface area contributed by atoms with E-state index in [0.29, 0.717) is 15.1 Å². The summed E-state index contributed by atoms with van der Waals surface area (Å²) in [6, 6.07) is 26.5. The van der Waals surface area contributed by atoms with Crippen LogP contribution >= 0.6 is 11.3 Å². The van der Waals surface area contributed by atoms with Gasteiger partial charge in [0.05, 0.1) is 15.6 Å². The van der Waals surface area contributed by atoms with Crippen molar-refractivity contribution in [3.05, 3.63) is 111 Å². The third-order valence-corrected chi connectivity index (χ3v) is 7.73. The van der Waals surface area contributed by atoms with Crippen molar-refractivity contribution in [2.45, 2.75) is 4.90 Å². The van der Waals surface area contributed by atoms with Crippen LogP contribution in [0, 0.1) is 0 Å². The van der Waals surface area contributed by atoms with Gasteiger partial charge in [-0.05, 0) is 58.8 Å². The topological polar surface area (TPSA) is 77.7 Å². The molecule has 6 nitrogen and oxygen atoms in total. The van der Waals surface area contributed by atoms with E-state index in [0.717, 1.165) is 21.8 Å². The summed E-state index contributed by atoms with van der Waals surface area (Å²) >= 11 is 1.29.